The number of rotatable bonds is 5. The largest absolute Gasteiger partial charge is 0.497 e. The highest BCUT2D eigenvalue weighted by Gasteiger charge is 2.40. The molecule has 0 saturated heterocycles. The Bertz CT molecular complexity index is 1150. The lowest BCUT2D eigenvalue weighted by Gasteiger charge is -2.35. The molecule has 2 aliphatic rings. The van der Waals surface area contributed by atoms with E-state index in [9.17, 15) is 14.0 Å². The van der Waals surface area contributed by atoms with Gasteiger partial charge in [-0.3, -0.25) is 9.59 Å². The van der Waals surface area contributed by atoms with Crippen LogP contribution in [0.3, 0.4) is 0 Å². The second-order valence-corrected chi connectivity index (χ2v) is 7.84. The van der Waals surface area contributed by atoms with Crippen LogP contribution in [0.2, 0.25) is 0 Å². The summed E-state index contributed by atoms with van der Waals surface area (Å²) < 4.78 is 24.7. The molecule has 2 aromatic carbocycles. The highest BCUT2D eigenvalue weighted by atomic mass is 19.1. The van der Waals surface area contributed by atoms with Crippen LogP contribution in [0.1, 0.15) is 37.7 Å². The van der Waals surface area contributed by atoms with Gasteiger partial charge in [-0.05, 0) is 56.2 Å². The highest BCUT2D eigenvalue weighted by Crippen LogP contribution is 2.46. The minimum atomic E-state index is -0.641. The molecule has 166 valence electrons. The number of anilines is 1. The summed E-state index contributed by atoms with van der Waals surface area (Å²) >= 11 is 0. The quantitative estimate of drug-likeness (QED) is 0.724. The molecule has 1 aliphatic heterocycles. The van der Waals surface area contributed by atoms with Gasteiger partial charge in [0.25, 0.3) is 5.91 Å². The number of methoxy groups -OCH3 is 2. The smallest absolute Gasteiger partial charge is 0.254 e. The topological polar surface area (TPSA) is 76.7 Å². The van der Waals surface area contributed by atoms with Crippen LogP contribution in [0.5, 0.6) is 11.5 Å². The SMILES string of the molecule is COc1ccc(OC)c(C2C(C(=O)Nc3cccc(F)c3)=C(C)NC3=C2C(=O)CCC3)c1. The molecule has 4 rings (SSSR count). The van der Waals surface area contributed by atoms with Crippen molar-refractivity contribution in [2.45, 2.75) is 32.1 Å². The van der Waals surface area contributed by atoms with Crippen LogP contribution < -0.4 is 20.1 Å². The lowest BCUT2D eigenvalue weighted by molar-refractivity contribution is -0.116. The molecular weight excluding hydrogens is 411 g/mol. The minimum absolute atomic E-state index is 0.00261. The van der Waals surface area contributed by atoms with Crippen LogP contribution in [-0.2, 0) is 9.59 Å². The molecule has 0 aromatic heterocycles. The standard InChI is InChI=1S/C25H25FN2O4/c1-14-22(25(30)28-16-7-4-6-15(26)12-16)23(24-19(27-14)8-5-9-20(24)29)18-13-17(31-2)10-11-21(18)32-3/h4,6-7,10-13,23,27H,5,8-9H2,1-3H3,(H,28,30). The van der Waals surface area contributed by atoms with Crippen LogP contribution in [-0.4, -0.2) is 25.9 Å². The molecule has 2 aromatic rings. The molecule has 1 atom stereocenters. The van der Waals surface area contributed by atoms with Crippen LogP contribution in [0.25, 0.3) is 0 Å². The van der Waals surface area contributed by atoms with Gasteiger partial charge in [0, 0.05) is 40.2 Å². The van der Waals surface area contributed by atoms with Gasteiger partial charge in [0.2, 0.25) is 0 Å². The van der Waals surface area contributed by atoms with Crippen molar-refractivity contribution in [1.82, 2.24) is 5.32 Å². The number of ketones is 1. The third-order valence-corrected chi connectivity index (χ3v) is 5.85. The van der Waals surface area contributed by atoms with Gasteiger partial charge in [0.1, 0.15) is 17.3 Å². The Hall–Kier alpha value is -3.61. The maximum absolute atomic E-state index is 13.7. The molecule has 1 amide bonds. The predicted octanol–water partition coefficient (Wildman–Crippen LogP) is 4.45. The zero-order valence-electron chi connectivity index (χ0n) is 18.3. The van der Waals surface area contributed by atoms with Crippen molar-refractivity contribution in [1.29, 1.82) is 0 Å². The maximum Gasteiger partial charge on any atom is 0.254 e. The fourth-order valence-corrected chi connectivity index (χ4v) is 4.42. The number of benzene rings is 2. The molecule has 1 aliphatic carbocycles. The number of Topliss-reactive ketones (excluding diaryl/α,β-unsaturated/α-hetero) is 1. The zero-order chi connectivity index (χ0) is 22.8. The Balaban J connectivity index is 1.86. The number of amides is 1. The van der Waals surface area contributed by atoms with Crippen LogP contribution >= 0.6 is 0 Å². The van der Waals surface area contributed by atoms with Gasteiger partial charge in [-0.1, -0.05) is 6.07 Å². The number of ether oxygens (including phenoxy) is 2. The summed E-state index contributed by atoms with van der Waals surface area (Å²) in [6.45, 7) is 1.81. The average molecular weight is 436 g/mol. The maximum atomic E-state index is 13.7. The van der Waals surface area contributed by atoms with Gasteiger partial charge in [-0.2, -0.15) is 0 Å². The van der Waals surface area contributed by atoms with Gasteiger partial charge in [0.15, 0.2) is 5.78 Å². The molecule has 6 nitrogen and oxygen atoms in total. The van der Waals surface area contributed by atoms with Crippen molar-refractivity contribution in [2.75, 3.05) is 19.5 Å². The van der Waals surface area contributed by atoms with Crippen molar-refractivity contribution in [3.63, 3.8) is 0 Å². The summed E-state index contributed by atoms with van der Waals surface area (Å²) in [5, 5.41) is 6.05. The van der Waals surface area contributed by atoms with Crippen LogP contribution in [0.15, 0.2) is 65.0 Å². The minimum Gasteiger partial charge on any atom is -0.497 e. The number of hydrogen-bond acceptors (Lipinski definition) is 5. The summed E-state index contributed by atoms with van der Waals surface area (Å²) in [6, 6.07) is 11.0. The summed E-state index contributed by atoms with van der Waals surface area (Å²) in [4.78, 5) is 26.5. The molecule has 0 saturated carbocycles. The van der Waals surface area contributed by atoms with E-state index in [1.807, 2.05) is 6.92 Å². The Morgan fingerprint density at radius 2 is 1.94 bits per heavy atom. The third-order valence-electron chi connectivity index (χ3n) is 5.85. The second kappa shape index (κ2) is 8.86. The van der Waals surface area contributed by atoms with E-state index in [-0.39, 0.29) is 5.78 Å². The third kappa shape index (κ3) is 3.98. The fraction of sp³-hybridized carbons (Fsp3) is 0.280. The Morgan fingerprint density at radius 3 is 2.66 bits per heavy atom. The Labute approximate surface area is 186 Å². The lowest BCUT2D eigenvalue weighted by Crippen LogP contribution is -2.35. The van der Waals surface area contributed by atoms with E-state index in [1.165, 1.54) is 18.2 Å². The number of halogens is 1. The number of hydrogen-bond donors (Lipinski definition) is 2. The number of dihydropyridines is 1. The summed E-state index contributed by atoms with van der Waals surface area (Å²) in [6.07, 6.45) is 1.89. The Kier molecular flexibility index (Phi) is 5.99. The van der Waals surface area contributed by atoms with Gasteiger partial charge >= 0.3 is 0 Å². The van der Waals surface area contributed by atoms with Gasteiger partial charge < -0.3 is 20.1 Å². The normalized spacial score (nSPS) is 18.1. The zero-order valence-corrected chi connectivity index (χ0v) is 18.3. The predicted molar refractivity (Wildman–Crippen MR) is 119 cm³/mol. The first-order valence-corrected chi connectivity index (χ1v) is 10.5. The van der Waals surface area contributed by atoms with E-state index in [1.54, 1.807) is 38.5 Å². The molecule has 0 spiro atoms. The van der Waals surface area contributed by atoms with E-state index >= 15 is 0 Å². The van der Waals surface area contributed by atoms with Crippen LogP contribution in [0.4, 0.5) is 10.1 Å². The molecule has 0 bridgehead atoms. The van der Waals surface area contributed by atoms with Gasteiger partial charge in [0.05, 0.1) is 20.1 Å². The lowest BCUT2D eigenvalue weighted by atomic mass is 9.74. The van der Waals surface area contributed by atoms with Crippen LogP contribution in [0, 0.1) is 5.82 Å². The van der Waals surface area contributed by atoms with Crippen molar-refractivity contribution >= 4 is 17.4 Å². The number of carbonyl (C=O) groups is 2. The first kappa shape index (κ1) is 21.6. The molecule has 0 radical (unpaired) electrons. The highest BCUT2D eigenvalue weighted by molar-refractivity contribution is 6.10. The van der Waals surface area contributed by atoms with Crippen molar-refractivity contribution < 1.29 is 23.5 Å². The van der Waals surface area contributed by atoms with Gasteiger partial charge in [-0.15, -0.1) is 0 Å². The molecular formula is C25H25FN2O4. The first-order valence-electron chi connectivity index (χ1n) is 10.5. The van der Waals surface area contributed by atoms with Crippen molar-refractivity contribution in [3.05, 3.63) is 76.4 Å². The Morgan fingerprint density at radius 1 is 1.12 bits per heavy atom. The second-order valence-electron chi connectivity index (χ2n) is 7.84. The fourth-order valence-electron chi connectivity index (χ4n) is 4.42. The molecule has 2 N–H and O–H groups in total. The average Bonchev–Trinajstić information content (AvgIpc) is 2.77. The monoisotopic (exact) mass is 436 g/mol. The molecule has 7 heteroatoms. The molecule has 1 heterocycles. The summed E-state index contributed by atoms with van der Waals surface area (Å²) in [5.41, 5.74) is 3.42. The van der Waals surface area contributed by atoms with Crippen molar-refractivity contribution in [2.24, 2.45) is 0 Å². The summed E-state index contributed by atoms with van der Waals surface area (Å²) in [7, 11) is 3.11. The van der Waals surface area contributed by atoms with E-state index < -0.39 is 17.6 Å². The van der Waals surface area contributed by atoms with E-state index in [4.69, 9.17) is 9.47 Å². The number of carbonyl (C=O) groups excluding carboxylic acids is 2. The van der Waals surface area contributed by atoms with E-state index in [2.05, 4.69) is 10.6 Å². The molecule has 32 heavy (non-hydrogen) atoms. The van der Waals surface area contributed by atoms with E-state index in [0.717, 1.165) is 18.5 Å². The van der Waals surface area contributed by atoms with E-state index in [0.29, 0.717) is 46.0 Å². The number of nitrogens with one attached hydrogen (secondary N) is 2. The first-order chi connectivity index (χ1) is 15.4. The number of allylic oxidation sites excluding steroid dienone is 3. The molecule has 0 fully saturated rings. The van der Waals surface area contributed by atoms with Gasteiger partial charge in [-0.25, -0.2) is 4.39 Å². The molecule has 1 unspecified atom stereocenters. The summed E-state index contributed by atoms with van der Waals surface area (Å²) in [5.74, 6) is -0.372. The van der Waals surface area contributed by atoms with Crippen molar-refractivity contribution in [3.8, 4) is 11.5 Å².